The summed E-state index contributed by atoms with van der Waals surface area (Å²) in [6.45, 7) is 5.85. The van der Waals surface area contributed by atoms with Crippen molar-refractivity contribution in [2.45, 2.75) is 103 Å². The van der Waals surface area contributed by atoms with Gasteiger partial charge in [0.25, 0.3) is 0 Å². The van der Waals surface area contributed by atoms with E-state index in [2.05, 4.69) is 5.32 Å². The predicted molar refractivity (Wildman–Crippen MR) is 118 cm³/mol. The normalized spacial score (nSPS) is 24.4. The Balaban J connectivity index is 3.40. The summed E-state index contributed by atoms with van der Waals surface area (Å²) in [5.41, 5.74) is -1.98. The van der Waals surface area contributed by atoms with Gasteiger partial charge in [0.1, 0.15) is 11.9 Å². The largest absolute Gasteiger partial charge is 0.458 e. The molecular weight excluding hydrogens is 450 g/mol. The van der Waals surface area contributed by atoms with Gasteiger partial charge in [0.15, 0.2) is 11.6 Å². The van der Waals surface area contributed by atoms with Gasteiger partial charge in [-0.2, -0.15) is 0 Å². The van der Waals surface area contributed by atoms with Crippen LogP contribution in [0.1, 0.15) is 79.1 Å². The van der Waals surface area contributed by atoms with Gasteiger partial charge in [-0.15, -0.1) is 0 Å². The molecule has 1 rings (SSSR count). The molecule has 11 nitrogen and oxygen atoms in total. The quantitative estimate of drug-likeness (QED) is 0.172. The molecule has 194 valence electrons. The molecule has 0 radical (unpaired) electrons. The second kappa shape index (κ2) is 14.0. The van der Waals surface area contributed by atoms with Gasteiger partial charge in [0, 0.05) is 32.1 Å². The minimum atomic E-state index is -2.02. The Morgan fingerprint density at radius 3 is 1.88 bits per heavy atom. The zero-order valence-electron chi connectivity index (χ0n) is 20.3. The zero-order valence-corrected chi connectivity index (χ0v) is 20.3. The zero-order chi connectivity index (χ0) is 25.9. The number of rotatable bonds is 15. The van der Waals surface area contributed by atoms with Gasteiger partial charge < -0.3 is 34.5 Å². The van der Waals surface area contributed by atoms with Crippen LogP contribution in [-0.4, -0.2) is 70.5 Å². The Hall–Kier alpha value is -2.53. The molecule has 34 heavy (non-hydrogen) atoms. The van der Waals surface area contributed by atoms with E-state index in [0.717, 1.165) is 0 Å². The molecule has 0 aromatic rings. The number of hydrogen-bond acceptors (Lipinski definition) is 10. The van der Waals surface area contributed by atoms with Crippen LogP contribution < -0.4 is 5.32 Å². The molecule has 1 saturated carbocycles. The molecule has 1 fully saturated rings. The minimum Gasteiger partial charge on any atom is -0.458 e. The maximum absolute atomic E-state index is 12.7. The molecular formula is C23H37NO10. The van der Waals surface area contributed by atoms with Crippen LogP contribution in [0, 0.1) is 5.92 Å². The van der Waals surface area contributed by atoms with Crippen LogP contribution in [0.15, 0.2) is 0 Å². The van der Waals surface area contributed by atoms with Crippen molar-refractivity contribution < 1.29 is 48.4 Å². The Kier molecular flexibility index (Phi) is 12.2. The van der Waals surface area contributed by atoms with Crippen LogP contribution in [0.5, 0.6) is 0 Å². The van der Waals surface area contributed by atoms with Crippen molar-refractivity contribution in [2.24, 2.45) is 5.92 Å². The third-order valence-electron chi connectivity index (χ3n) is 5.58. The Morgan fingerprint density at radius 2 is 1.38 bits per heavy atom. The predicted octanol–water partition coefficient (Wildman–Crippen LogP) is 0.918. The van der Waals surface area contributed by atoms with E-state index in [1.807, 2.05) is 0 Å². The number of aliphatic hydroxyl groups is 2. The first-order valence-corrected chi connectivity index (χ1v) is 11.7. The van der Waals surface area contributed by atoms with E-state index < -0.39 is 60.4 Å². The molecule has 0 heterocycles. The summed E-state index contributed by atoms with van der Waals surface area (Å²) < 4.78 is 16.0. The molecule has 1 aliphatic rings. The second-order valence-corrected chi connectivity index (χ2v) is 8.43. The Bertz CT molecular complexity index is 739. The van der Waals surface area contributed by atoms with E-state index in [-0.39, 0.29) is 37.9 Å². The Labute approximate surface area is 199 Å². The summed E-state index contributed by atoms with van der Waals surface area (Å²) in [6, 6.07) is 0. The fourth-order valence-electron chi connectivity index (χ4n) is 3.86. The van der Waals surface area contributed by atoms with Gasteiger partial charge >= 0.3 is 17.9 Å². The third-order valence-corrected chi connectivity index (χ3v) is 5.58. The number of ketones is 1. The third kappa shape index (κ3) is 7.49. The lowest BCUT2D eigenvalue weighted by Gasteiger charge is -2.59. The fourth-order valence-corrected chi connectivity index (χ4v) is 3.86. The van der Waals surface area contributed by atoms with Crippen LogP contribution in [0.4, 0.5) is 0 Å². The van der Waals surface area contributed by atoms with Gasteiger partial charge in [-0.05, 0) is 26.2 Å². The van der Waals surface area contributed by atoms with Crippen molar-refractivity contribution >= 4 is 29.6 Å². The molecule has 3 unspecified atom stereocenters. The highest BCUT2D eigenvalue weighted by Crippen LogP contribution is 2.46. The number of aliphatic hydroxyl groups excluding tert-OH is 2. The van der Waals surface area contributed by atoms with Crippen LogP contribution in [-0.2, 0) is 38.2 Å². The van der Waals surface area contributed by atoms with E-state index in [9.17, 15) is 34.2 Å². The average Bonchev–Trinajstić information content (AvgIpc) is 2.75. The van der Waals surface area contributed by atoms with Crippen molar-refractivity contribution in [3.05, 3.63) is 0 Å². The number of carbonyl (C=O) groups is 5. The highest BCUT2D eigenvalue weighted by molar-refractivity contribution is 5.84. The number of carbonyl (C=O) groups excluding carboxylic acids is 5. The summed E-state index contributed by atoms with van der Waals surface area (Å²) in [5, 5.41) is 23.6. The van der Waals surface area contributed by atoms with Crippen molar-refractivity contribution in [2.75, 3.05) is 6.61 Å². The molecule has 1 aliphatic carbocycles. The first kappa shape index (κ1) is 29.5. The van der Waals surface area contributed by atoms with E-state index in [4.69, 9.17) is 14.2 Å². The fraction of sp³-hybridized carbons (Fsp3) is 0.783. The van der Waals surface area contributed by atoms with Crippen molar-refractivity contribution in [1.82, 2.24) is 5.32 Å². The molecule has 0 bridgehead atoms. The monoisotopic (exact) mass is 487 g/mol. The van der Waals surface area contributed by atoms with E-state index >= 15 is 0 Å². The number of Topliss-reactive ketones (excluding diaryl/α,β-unsaturated/α-hetero) is 1. The summed E-state index contributed by atoms with van der Waals surface area (Å²) in [6.07, 6.45) is -3.58. The molecule has 0 spiro atoms. The van der Waals surface area contributed by atoms with Crippen LogP contribution in [0.3, 0.4) is 0 Å². The van der Waals surface area contributed by atoms with Gasteiger partial charge in [-0.1, -0.05) is 20.8 Å². The standard InChI is InChI=1S/C23H37NO10/c1-5-8-17(28)32-20-15(13-25)23(21(20)33-18(29)9-6-2,22(31)34-19(30)10-7-3)24-16(27)12-11-14(4)26/h15,20-22,25,31H,5-13H2,1-4H3,(H,24,27)/t15?,20-,21?,22+,23?/m1/s1. The van der Waals surface area contributed by atoms with E-state index in [1.165, 1.54) is 6.92 Å². The topological polar surface area (TPSA) is 166 Å². The maximum atomic E-state index is 12.7. The van der Waals surface area contributed by atoms with Crippen molar-refractivity contribution in [1.29, 1.82) is 0 Å². The van der Waals surface area contributed by atoms with Gasteiger partial charge in [0.05, 0.1) is 12.5 Å². The summed E-state index contributed by atoms with van der Waals surface area (Å²) in [7, 11) is 0. The number of amides is 1. The minimum absolute atomic E-state index is 0.00992. The molecule has 5 atom stereocenters. The number of nitrogens with one attached hydrogen (secondary N) is 1. The Morgan fingerprint density at radius 1 is 0.853 bits per heavy atom. The lowest BCUT2D eigenvalue weighted by molar-refractivity contribution is -0.284. The molecule has 0 saturated heterocycles. The average molecular weight is 488 g/mol. The molecule has 3 N–H and O–H groups in total. The summed E-state index contributed by atoms with van der Waals surface area (Å²) >= 11 is 0. The second-order valence-electron chi connectivity index (χ2n) is 8.43. The lowest BCUT2D eigenvalue weighted by Crippen LogP contribution is -2.83. The highest BCUT2D eigenvalue weighted by atomic mass is 16.6. The lowest BCUT2D eigenvalue weighted by atomic mass is 9.60. The number of esters is 3. The van der Waals surface area contributed by atoms with Crippen LogP contribution >= 0.6 is 0 Å². The highest BCUT2D eigenvalue weighted by Gasteiger charge is 2.71. The van der Waals surface area contributed by atoms with E-state index in [0.29, 0.717) is 19.3 Å². The van der Waals surface area contributed by atoms with E-state index in [1.54, 1.807) is 20.8 Å². The molecule has 0 aromatic heterocycles. The number of hydrogen-bond donors (Lipinski definition) is 3. The summed E-state index contributed by atoms with van der Waals surface area (Å²) in [4.78, 5) is 60.7. The van der Waals surface area contributed by atoms with Crippen molar-refractivity contribution in [3.8, 4) is 0 Å². The molecule has 0 aromatic carbocycles. The van der Waals surface area contributed by atoms with Crippen molar-refractivity contribution in [3.63, 3.8) is 0 Å². The van der Waals surface area contributed by atoms with Gasteiger partial charge in [0.2, 0.25) is 12.2 Å². The van der Waals surface area contributed by atoms with Gasteiger partial charge in [-0.3, -0.25) is 19.2 Å². The van der Waals surface area contributed by atoms with Crippen LogP contribution in [0.25, 0.3) is 0 Å². The smallest absolute Gasteiger partial charge is 0.308 e. The first-order chi connectivity index (χ1) is 16.1. The van der Waals surface area contributed by atoms with Gasteiger partial charge in [-0.25, -0.2) is 0 Å². The molecule has 0 aliphatic heterocycles. The SMILES string of the molecule is CCCC(=O)OC1[C@H](OC(=O)CCC)C(CO)C1(NC(=O)CCC(C)=O)[C@@H](O)OC(=O)CCC. The first-order valence-electron chi connectivity index (χ1n) is 11.7. The van der Waals surface area contributed by atoms with Crippen LogP contribution in [0.2, 0.25) is 0 Å². The summed E-state index contributed by atoms with van der Waals surface area (Å²) in [5.74, 6) is -4.17. The maximum Gasteiger partial charge on any atom is 0.308 e. The molecule has 11 heteroatoms. The molecule has 1 amide bonds. The number of ether oxygens (including phenoxy) is 3.